The van der Waals surface area contributed by atoms with Crippen molar-refractivity contribution in [1.29, 1.82) is 0 Å². The number of aliphatic hydroxyl groups is 1. The molecule has 0 aromatic rings. The third-order valence-electron chi connectivity index (χ3n) is 2.24. The highest BCUT2D eigenvalue weighted by Gasteiger charge is 2.22. The van der Waals surface area contributed by atoms with Crippen LogP contribution in [0.5, 0.6) is 0 Å². The molecule has 0 saturated heterocycles. The molecule has 2 atom stereocenters. The number of carbonyl (C=O) groups excluding carboxylic acids is 1. The lowest BCUT2D eigenvalue weighted by atomic mass is 10.0. The molecule has 1 amide bonds. The molecule has 3 N–H and O–H groups in total. The Morgan fingerprint density at radius 1 is 1.28 bits per heavy atom. The minimum atomic E-state index is -3.42. The number of nitrogens with one attached hydrogen (secondary N) is 2. The predicted octanol–water partition coefficient (Wildman–Crippen LogP) is -0.163. The van der Waals surface area contributed by atoms with E-state index in [2.05, 4.69) is 10.0 Å². The molecule has 6 nitrogen and oxygen atoms in total. The smallest absolute Gasteiger partial charge is 0.238 e. The maximum atomic E-state index is 11.8. The molecule has 0 fully saturated rings. The van der Waals surface area contributed by atoms with Crippen LogP contribution in [0.2, 0.25) is 0 Å². The summed E-state index contributed by atoms with van der Waals surface area (Å²) in [5.41, 5.74) is 0. The standard InChI is InChI=1S/C11H24N2O4S/c1-8(2)7-10(13-18(4,16)17)11(15)12-6-5-9(3)14/h8-10,13-14H,5-7H2,1-4H3,(H,12,15). The van der Waals surface area contributed by atoms with Crippen molar-refractivity contribution in [2.24, 2.45) is 5.92 Å². The fourth-order valence-electron chi connectivity index (χ4n) is 1.47. The largest absolute Gasteiger partial charge is 0.393 e. The molecule has 0 aromatic heterocycles. The van der Waals surface area contributed by atoms with Gasteiger partial charge in [-0.2, -0.15) is 0 Å². The van der Waals surface area contributed by atoms with Gasteiger partial charge in [0.1, 0.15) is 6.04 Å². The summed E-state index contributed by atoms with van der Waals surface area (Å²) in [7, 11) is -3.42. The molecule has 0 saturated carbocycles. The highest BCUT2D eigenvalue weighted by molar-refractivity contribution is 7.88. The van der Waals surface area contributed by atoms with E-state index < -0.39 is 22.2 Å². The zero-order chi connectivity index (χ0) is 14.3. The molecule has 0 bridgehead atoms. The molecule has 0 heterocycles. The molecule has 0 aliphatic carbocycles. The molecule has 0 radical (unpaired) electrons. The summed E-state index contributed by atoms with van der Waals surface area (Å²) in [4.78, 5) is 11.8. The number of hydrogen-bond acceptors (Lipinski definition) is 4. The number of aliphatic hydroxyl groups excluding tert-OH is 1. The Labute approximate surface area is 109 Å². The van der Waals surface area contributed by atoms with Gasteiger partial charge in [0.25, 0.3) is 0 Å². The SMILES string of the molecule is CC(C)CC(NS(C)(=O)=O)C(=O)NCCC(C)O. The first kappa shape index (κ1) is 17.3. The van der Waals surface area contributed by atoms with Crippen LogP contribution in [-0.4, -0.2) is 44.4 Å². The highest BCUT2D eigenvalue weighted by Crippen LogP contribution is 2.06. The predicted molar refractivity (Wildman–Crippen MR) is 70.5 cm³/mol. The van der Waals surface area contributed by atoms with Gasteiger partial charge in [-0.1, -0.05) is 13.8 Å². The van der Waals surface area contributed by atoms with E-state index in [0.29, 0.717) is 19.4 Å². The third kappa shape index (κ3) is 9.38. The van der Waals surface area contributed by atoms with Crippen LogP contribution in [0.1, 0.15) is 33.6 Å². The molecular weight excluding hydrogens is 256 g/mol. The van der Waals surface area contributed by atoms with Crippen molar-refractivity contribution in [3.63, 3.8) is 0 Å². The van der Waals surface area contributed by atoms with E-state index in [1.54, 1.807) is 6.92 Å². The topological polar surface area (TPSA) is 95.5 Å². The number of sulfonamides is 1. The Bertz CT molecular complexity index is 352. The molecule has 108 valence electrons. The first-order valence-electron chi connectivity index (χ1n) is 6.05. The number of rotatable bonds is 8. The molecule has 0 aliphatic rings. The van der Waals surface area contributed by atoms with Gasteiger partial charge < -0.3 is 10.4 Å². The zero-order valence-electron chi connectivity index (χ0n) is 11.4. The monoisotopic (exact) mass is 280 g/mol. The van der Waals surface area contributed by atoms with Crippen LogP contribution in [0.3, 0.4) is 0 Å². The average molecular weight is 280 g/mol. The van der Waals surface area contributed by atoms with Crippen molar-refractivity contribution in [2.45, 2.75) is 45.8 Å². The van der Waals surface area contributed by atoms with Gasteiger partial charge in [-0.25, -0.2) is 13.1 Å². The van der Waals surface area contributed by atoms with E-state index in [4.69, 9.17) is 5.11 Å². The normalized spacial score (nSPS) is 15.4. The Hall–Kier alpha value is -0.660. The Balaban J connectivity index is 4.41. The third-order valence-corrected chi connectivity index (χ3v) is 2.95. The summed E-state index contributed by atoms with van der Waals surface area (Å²) >= 11 is 0. The minimum absolute atomic E-state index is 0.201. The number of carbonyl (C=O) groups is 1. The Morgan fingerprint density at radius 3 is 2.22 bits per heavy atom. The Kier molecular flexibility index (Phi) is 7.42. The van der Waals surface area contributed by atoms with E-state index >= 15 is 0 Å². The summed E-state index contributed by atoms with van der Waals surface area (Å²) in [5.74, 6) is -0.151. The van der Waals surface area contributed by atoms with Gasteiger partial charge in [-0.05, 0) is 25.7 Å². The van der Waals surface area contributed by atoms with Crippen LogP contribution in [-0.2, 0) is 14.8 Å². The fraction of sp³-hybridized carbons (Fsp3) is 0.909. The maximum Gasteiger partial charge on any atom is 0.238 e. The summed E-state index contributed by atoms with van der Waals surface area (Å²) in [6.45, 7) is 5.79. The van der Waals surface area contributed by atoms with Gasteiger partial charge >= 0.3 is 0 Å². The molecule has 0 aromatic carbocycles. The summed E-state index contributed by atoms with van der Waals surface area (Å²) in [5, 5.41) is 11.7. The maximum absolute atomic E-state index is 11.8. The van der Waals surface area contributed by atoms with Crippen LogP contribution in [0, 0.1) is 5.92 Å². The summed E-state index contributed by atoms with van der Waals surface area (Å²) in [6.07, 6.45) is 1.42. The van der Waals surface area contributed by atoms with E-state index in [9.17, 15) is 13.2 Å². The van der Waals surface area contributed by atoms with Gasteiger partial charge in [-0.15, -0.1) is 0 Å². The van der Waals surface area contributed by atoms with Crippen molar-refractivity contribution < 1.29 is 18.3 Å². The van der Waals surface area contributed by atoms with Gasteiger partial charge in [0.05, 0.1) is 12.4 Å². The molecule has 0 aliphatic heterocycles. The lowest BCUT2D eigenvalue weighted by Gasteiger charge is -2.19. The first-order chi connectivity index (χ1) is 8.11. The van der Waals surface area contributed by atoms with Crippen molar-refractivity contribution in [2.75, 3.05) is 12.8 Å². The second kappa shape index (κ2) is 7.70. The fourth-order valence-corrected chi connectivity index (χ4v) is 2.19. The lowest BCUT2D eigenvalue weighted by Crippen LogP contribution is -2.47. The average Bonchev–Trinajstić information content (AvgIpc) is 2.12. The van der Waals surface area contributed by atoms with E-state index in [-0.39, 0.29) is 11.8 Å². The molecular formula is C11H24N2O4S. The lowest BCUT2D eigenvalue weighted by molar-refractivity contribution is -0.123. The second-order valence-corrected chi connectivity index (χ2v) is 6.78. The number of amides is 1. The van der Waals surface area contributed by atoms with Crippen LogP contribution in [0.25, 0.3) is 0 Å². The van der Waals surface area contributed by atoms with Crippen molar-refractivity contribution in [3.8, 4) is 0 Å². The van der Waals surface area contributed by atoms with Crippen LogP contribution in [0.15, 0.2) is 0 Å². The zero-order valence-corrected chi connectivity index (χ0v) is 12.3. The van der Waals surface area contributed by atoms with E-state index in [1.807, 2.05) is 13.8 Å². The van der Waals surface area contributed by atoms with Gasteiger partial charge in [0.15, 0.2) is 0 Å². The quantitative estimate of drug-likeness (QED) is 0.575. The van der Waals surface area contributed by atoms with E-state index in [1.165, 1.54) is 0 Å². The first-order valence-corrected chi connectivity index (χ1v) is 7.94. The Morgan fingerprint density at radius 2 is 1.83 bits per heavy atom. The van der Waals surface area contributed by atoms with Crippen LogP contribution >= 0.6 is 0 Å². The minimum Gasteiger partial charge on any atom is -0.393 e. The van der Waals surface area contributed by atoms with Crippen molar-refractivity contribution in [1.82, 2.24) is 10.0 Å². The van der Waals surface area contributed by atoms with Gasteiger partial charge in [0, 0.05) is 6.54 Å². The van der Waals surface area contributed by atoms with Crippen molar-refractivity contribution in [3.05, 3.63) is 0 Å². The van der Waals surface area contributed by atoms with Gasteiger partial charge in [-0.3, -0.25) is 4.79 Å². The summed E-state index contributed by atoms with van der Waals surface area (Å²) in [6, 6.07) is -0.756. The molecule has 7 heteroatoms. The molecule has 0 spiro atoms. The van der Waals surface area contributed by atoms with Crippen LogP contribution in [0.4, 0.5) is 0 Å². The van der Waals surface area contributed by atoms with Crippen LogP contribution < -0.4 is 10.0 Å². The molecule has 0 rings (SSSR count). The molecule has 18 heavy (non-hydrogen) atoms. The van der Waals surface area contributed by atoms with E-state index in [0.717, 1.165) is 6.26 Å². The molecule has 2 unspecified atom stereocenters. The van der Waals surface area contributed by atoms with Gasteiger partial charge in [0.2, 0.25) is 15.9 Å². The van der Waals surface area contributed by atoms with Crippen molar-refractivity contribution >= 4 is 15.9 Å². The number of hydrogen-bond donors (Lipinski definition) is 3. The second-order valence-electron chi connectivity index (χ2n) is 5.00. The highest BCUT2D eigenvalue weighted by atomic mass is 32.2. The summed E-state index contributed by atoms with van der Waals surface area (Å²) < 4.78 is 24.7.